The van der Waals surface area contributed by atoms with Crippen molar-refractivity contribution >= 4 is 5.69 Å². The topological polar surface area (TPSA) is 66.0 Å². The summed E-state index contributed by atoms with van der Waals surface area (Å²) in [6.07, 6.45) is 3.35. The van der Waals surface area contributed by atoms with E-state index in [0.717, 1.165) is 29.4 Å². The van der Waals surface area contributed by atoms with E-state index in [1.54, 1.807) is 0 Å². The van der Waals surface area contributed by atoms with Crippen LogP contribution in [0.25, 0.3) is 11.4 Å². The lowest BCUT2D eigenvalue weighted by Gasteiger charge is -2.18. The molecule has 1 aromatic carbocycles. The first kappa shape index (κ1) is 14.9. The van der Waals surface area contributed by atoms with E-state index in [0.29, 0.717) is 24.3 Å². The summed E-state index contributed by atoms with van der Waals surface area (Å²) in [6, 6.07) is 6.23. The van der Waals surface area contributed by atoms with Crippen molar-refractivity contribution in [3.63, 3.8) is 0 Å². The van der Waals surface area contributed by atoms with E-state index in [1.165, 1.54) is 12.8 Å². The number of benzene rings is 1. The Morgan fingerprint density at radius 3 is 2.91 bits per heavy atom. The van der Waals surface area contributed by atoms with Crippen LogP contribution < -0.4 is 10.5 Å². The predicted octanol–water partition coefficient (Wildman–Crippen LogP) is 3.46. The molecule has 1 aromatic heterocycles. The highest BCUT2D eigenvalue weighted by atomic mass is 16.5. The largest absolute Gasteiger partial charge is 0.491 e. The van der Waals surface area contributed by atoms with Crippen molar-refractivity contribution in [2.75, 3.05) is 12.3 Å². The molecule has 118 valence electrons. The van der Waals surface area contributed by atoms with Gasteiger partial charge in [0.25, 0.3) is 0 Å². The quantitative estimate of drug-likeness (QED) is 0.878. The number of hydrogen-bond donors (Lipinski definition) is 1. The molecule has 0 saturated carbocycles. The average molecular weight is 300 g/mol. The Morgan fingerprint density at radius 1 is 1.41 bits per heavy atom. The number of anilines is 1. The van der Waals surface area contributed by atoms with Crippen LogP contribution in [-0.2, 0) is 6.42 Å². The highest BCUT2D eigenvalue weighted by molar-refractivity contribution is 5.66. The molecule has 5 nitrogen and oxygen atoms in total. The summed E-state index contributed by atoms with van der Waals surface area (Å²) < 4.78 is 7.77. The minimum Gasteiger partial charge on any atom is -0.491 e. The van der Waals surface area contributed by atoms with Crippen molar-refractivity contribution in [1.82, 2.24) is 14.8 Å². The maximum Gasteiger partial charge on any atom is 0.181 e. The van der Waals surface area contributed by atoms with E-state index in [2.05, 4.69) is 35.5 Å². The van der Waals surface area contributed by atoms with Gasteiger partial charge in [-0.15, -0.1) is 0 Å². The summed E-state index contributed by atoms with van der Waals surface area (Å²) in [5.74, 6) is 3.04. The predicted molar refractivity (Wildman–Crippen MR) is 87.9 cm³/mol. The zero-order chi connectivity index (χ0) is 15.7. The molecule has 1 aliphatic rings. The van der Waals surface area contributed by atoms with Gasteiger partial charge in [-0.3, -0.25) is 0 Å². The molecule has 5 heteroatoms. The van der Waals surface area contributed by atoms with Gasteiger partial charge in [-0.1, -0.05) is 13.8 Å². The number of rotatable bonds is 4. The summed E-state index contributed by atoms with van der Waals surface area (Å²) in [5.41, 5.74) is 7.69. The Labute approximate surface area is 131 Å². The summed E-state index contributed by atoms with van der Waals surface area (Å²) in [6.45, 7) is 7.09. The fraction of sp³-hybridized carbons (Fsp3) is 0.529. The Morgan fingerprint density at radius 2 is 2.23 bits per heavy atom. The minimum atomic E-state index is 0.427. The van der Waals surface area contributed by atoms with Gasteiger partial charge in [0, 0.05) is 12.0 Å². The molecule has 0 saturated heterocycles. The van der Waals surface area contributed by atoms with Gasteiger partial charge in [0.1, 0.15) is 11.6 Å². The number of nitrogens with zero attached hydrogens (tertiary/aromatic N) is 3. The molecule has 1 unspecified atom stereocenters. The summed E-state index contributed by atoms with van der Waals surface area (Å²) >= 11 is 0. The summed E-state index contributed by atoms with van der Waals surface area (Å²) in [5, 5.41) is 4.66. The second-order valence-electron chi connectivity index (χ2n) is 6.49. The van der Waals surface area contributed by atoms with Crippen LogP contribution in [0.3, 0.4) is 0 Å². The van der Waals surface area contributed by atoms with Crippen LogP contribution in [0.2, 0.25) is 0 Å². The number of ether oxygens (including phenoxy) is 1. The van der Waals surface area contributed by atoms with Crippen molar-refractivity contribution in [1.29, 1.82) is 0 Å². The lowest BCUT2D eigenvalue weighted by molar-refractivity contribution is 0.272. The molecular weight excluding hydrogens is 276 g/mol. The molecule has 2 heterocycles. The third-order valence-corrected chi connectivity index (χ3v) is 3.98. The molecule has 22 heavy (non-hydrogen) atoms. The van der Waals surface area contributed by atoms with E-state index in [9.17, 15) is 0 Å². The Kier molecular flexibility index (Phi) is 4.05. The van der Waals surface area contributed by atoms with Gasteiger partial charge in [0.2, 0.25) is 0 Å². The number of nitrogen functional groups attached to an aromatic ring is 1. The van der Waals surface area contributed by atoms with Gasteiger partial charge >= 0.3 is 0 Å². The first-order valence-corrected chi connectivity index (χ1v) is 8.02. The van der Waals surface area contributed by atoms with Crippen molar-refractivity contribution < 1.29 is 4.74 Å². The summed E-state index contributed by atoms with van der Waals surface area (Å²) in [4.78, 5) is 4.67. The minimum absolute atomic E-state index is 0.427. The molecule has 2 N–H and O–H groups in total. The molecule has 3 rings (SSSR count). The second kappa shape index (κ2) is 5.99. The monoisotopic (exact) mass is 300 g/mol. The lowest BCUT2D eigenvalue weighted by atomic mass is 10.1. The molecule has 0 radical (unpaired) electrons. The fourth-order valence-electron chi connectivity index (χ4n) is 2.75. The fourth-order valence-corrected chi connectivity index (χ4v) is 2.75. The van der Waals surface area contributed by atoms with E-state index in [4.69, 9.17) is 10.5 Å². The Balaban J connectivity index is 1.85. The number of fused-ring (bicyclic) bond motifs is 1. The molecule has 0 spiro atoms. The molecule has 1 aliphatic heterocycles. The van der Waals surface area contributed by atoms with Crippen LogP contribution in [0.1, 0.15) is 45.5 Å². The van der Waals surface area contributed by atoms with Crippen LogP contribution in [0, 0.1) is 5.92 Å². The third kappa shape index (κ3) is 2.93. The molecule has 0 bridgehead atoms. The normalized spacial score (nSPS) is 17.5. The van der Waals surface area contributed by atoms with Gasteiger partial charge in [-0.05, 0) is 43.9 Å². The van der Waals surface area contributed by atoms with E-state index < -0.39 is 0 Å². The average Bonchev–Trinajstić information content (AvgIpc) is 2.91. The van der Waals surface area contributed by atoms with Crippen molar-refractivity contribution in [3.8, 4) is 17.1 Å². The van der Waals surface area contributed by atoms with Crippen molar-refractivity contribution in [2.45, 2.75) is 46.1 Å². The Bertz CT molecular complexity index is 663. The van der Waals surface area contributed by atoms with Gasteiger partial charge < -0.3 is 10.5 Å². The van der Waals surface area contributed by atoms with Gasteiger partial charge in [-0.2, -0.15) is 5.10 Å². The molecule has 0 aliphatic carbocycles. The van der Waals surface area contributed by atoms with Crippen LogP contribution >= 0.6 is 0 Å². The van der Waals surface area contributed by atoms with Crippen LogP contribution in [-0.4, -0.2) is 21.4 Å². The van der Waals surface area contributed by atoms with Gasteiger partial charge in [0.15, 0.2) is 5.82 Å². The summed E-state index contributed by atoms with van der Waals surface area (Å²) in [7, 11) is 0. The number of nitrogens with two attached hydrogens (primary N) is 1. The molecular formula is C17H24N4O. The third-order valence-electron chi connectivity index (χ3n) is 3.98. The second-order valence-corrected chi connectivity index (χ2v) is 6.49. The van der Waals surface area contributed by atoms with Gasteiger partial charge in [-0.25, -0.2) is 9.67 Å². The van der Waals surface area contributed by atoms with E-state index >= 15 is 0 Å². The smallest absolute Gasteiger partial charge is 0.181 e. The molecule has 0 amide bonds. The van der Waals surface area contributed by atoms with Crippen LogP contribution in [0.5, 0.6) is 5.75 Å². The molecule has 0 fully saturated rings. The first-order valence-electron chi connectivity index (χ1n) is 8.02. The van der Waals surface area contributed by atoms with E-state index in [1.807, 2.05) is 18.2 Å². The zero-order valence-electron chi connectivity index (χ0n) is 13.5. The van der Waals surface area contributed by atoms with Crippen molar-refractivity contribution in [2.24, 2.45) is 5.92 Å². The highest BCUT2D eigenvalue weighted by Crippen LogP contribution is 2.29. The zero-order valence-corrected chi connectivity index (χ0v) is 13.5. The standard InChI is InChI=1S/C17H24N4O/c1-11(2)10-22-15-8-7-13(9-14(15)18)17-19-16-6-4-5-12(3)21(16)20-17/h7-9,11-12H,4-6,10,18H2,1-3H3. The first-order chi connectivity index (χ1) is 10.5. The molecule has 2 aromatic rings. The lowest BCUT2D eigenvalue weighted by Crippen LogP contribution is -2.16. The number of hydrogen-bond acceptors (Lipinski definition) is 4. The SMILES string of the molecule is CC(C)COc1ccc(-c2nc3n(n2)C(C)CCC3)cc1N. The van der Waals surface area contributed by atoms with Crippen LogP contribution in [0.15, 0.2) is 18.2 Å². The number of aryl methyl sites for hydroxylation is 1. The number of aromatic nitrogens is 3. The van der Waals surface area contributed by atoms with Gasteiger partial charge in [0.05, 0.1) is 18.3 Å². The highest BCUT2D eigenvalue weighted by Gasteiger charge is 2.20. The van der Waals surface area contributed by atoms with Crippen LogP contribution in [0.4, 0.5) is 5.69 Å². The molecule has 1 atom stereocenters. The maximum atomic E-state index is 6.11. The maximum absolute atomic E-state index is 6.11. The Hall–Kier alpha value is -2.04. The van der Waals surface area contributed by atoms with E-state index in [-0.39, 0.29) is 0 Å². The van der Waals surface area contributed by atoms with Crippen molar-refractivity contribution in [3.05, 3.63) is 24.0 Å².